The highest BCUT2D eigenvalue weighted by atomic mass is 16.5. The number of carbonyl (C=O) groups excluding carboxylic acids is 2. The molecule has 0 spiro atoms. The lowest BCUT2D eigenvalue weighted by molar-refractivity contribution is -0.119. The molecule has 0 aliphatic heterocycles. The van der Waals surface area contributed by atoms with E-state index in [4.69, 9.17) is 4.74 Å². The smallest absolute Gasteiger partial charge is 0.228 e. The fourth-order valence-corrected chi connectivity index (χ4v) is 3.77. The van der Waals surface area contributed by atoms with Crippen molar-refractivity contribution in [2.24, 2.45) is 5.92 Å². The summed E-state index contributed by atoms with van der Waals surface area (Å²) in [5, 5.41) is 11.0. The maximum atomic E-state index is 12.6. The molecule has 37 heavy (non-hydrogen) atoms. The molecule has 0 bridgehead atoms. The van der Waals surface area contributed by atoms with E-state index in [9.17, 15) is 9.59 Å². The number of nitrogens with zero attached hydrogens (tertiary/aromatic N) is 3. The monoisotopic (exact) mass is 499 g/mol. The number of ether oxygens (including phenoxy) is 1. The Kier molecular flexibility index (Phi) is 7.29. The zero-order valence-corrected chi connectivity index (χ0v) is 22.1. The summed E-state index contributed by atoms with van der Waals surface area (Å²) in [7, 11) is 0. The predicted octanol–water partition coefficient (Wildman–Crippen LogP) is 6.06. The molecule has 2 N–H and O–H groups in total. The van der Waals surface area contributed by atoms with E-state index in [0.717, 1.165) is 22.0 Å². The van der Waals surface area contributed by atoms with Crippen LogP contribution < -0.4 is 15.4 Å². The first kappa shape index (κ1) is 25.9. The molecule has 2 aromatic carbocycles. The molecule has 0 aliphatic rings. The zero-order valence-electron chi connectivity index (χ0n) is 22.1. The number of aryl methyl sites for hydroxylation is 1. The Hall–Kier alpha value is -4.20. The van der Waals surface area contributed by atoms with E-state index in [1.54, 1.807) is 18.5 Å². The van der Waals surface area contributed by atoms with Crippen molar-refractivity contribution >= 4 is 34.1 Å². The second-order valence-corrected chi connectivity index (χ2v) is 10.5. The largest absolute Gasteiger partial charge is 0.456 e. The molecular weight excluding hydrogens is 466 g/mol. The number of nitrogens with one attached hydrogen (secondary N) is 2. The molecule has 0 saturated heterocycles. The number of benzene rings is 2. The Labute approximate surface area is 217 Å². The van der Waals surface area contributed by atoms with Crippen LogP contribution in [0.2, 0.25) is 0 Å². The van der Waals surface area contributed by atoms with Crippen LogP contribution >= 0.6 is 0 Å². The van der Waals surface area contributed by atoms with Crippen molar-refractivity contribution in [3.63, 3.8) is 0 Å². The van der Waals surface area contributed by atoms with Gasteiger partial charge in [-0.25, -0.2) is 0 Å². The third-order valence-corrected chi connectivity index (χ3v) is 5.87. The summed E-state index contributed by atoms with van der Waals surface area (Å²) in [5.74, 6) is 1.03. The van der Waals surface area contributed by atoms with Crippen LogP contribution in [-0.4, -0.2) is 26.6 Å². The van der Waals surface area contributed by atoms with Gasteiger partial charge < -0.3 is 15.4 Å². The van der Waals surface area contributed by atoms with E-state index in [2.05, 4.69) is 41.5 Å². The maximum Gasteiger partial charge on any atom is 0.228 e. The van der Waals surface area contributed by atoms with Crippen LogP contribution in [-0.2, 0) is 21.5 Å². The van der Waals surface area contributed by atoms with Gasteiger partial charge >= 0.3 is 0 Å². The predicted molar refractivity (Wildman–Crippen MR) is 146 cm³/mol. The van der Waals surface area contributed by atoms with E-state index in [1.807, 2.05) is 68.0 Å². The Morgan fingerprint density at radius 2 is 1.78 bits per heavy atom. The second kappa shape index (κ2) is 10.4. The molecular formula is C29H33N5O3. The molecule has 8 heteroatoms. The summed E-state index contributed by atoms with van der Waals surface area (Å²) in [6.07, 6.45) is 5.42. The van der Waals surface area contributed by atoms with Crippen molar-refractivity contribution in [2.45, 2.75) is 53.5 Å². The van der Waals surface area contributed by atoms with E-state index >= 15 is 0 Å². The molecule has 0 atom stereocenters. The van der Waals surface area contributed by atoms with E-state index in [1.165, 1.54) is 0 Å². The molecule has 4 aromatic rings. The quantitative estimate of drug-likeness (QED) is 0.322. The number of fused-ring (bicyclic) bond motifs is 1. The average Bonchev–Trinajstić information content (AvgIpc) is 3.30. The van der Waals surface area contributed by atoms with Crippen molar-refractivity contribution in [1.82, 2.24) is 14.8 Å². The lowest BCUT2D eigenvalue weighted by Crippen LogP contribution is -2.22. The minimum Gasteiger partial charge on any atom is -0.456 e. The topological polar surface area (TPSA) is 98.1 Å². The molecule has 0 fully saturated rings. The summed E-state index contributed by atoms with van der Waals surface area (Å²) in [6, 6.07) is 13.1. The molecule has 2 aromatic heterocycles. The second-order valence-electron chi connectivity index (χ2n) is 10.5. The molecule has 192 valence electrons. The first-order valence-electron chi connectivity index (χ1n) is 12.3. The standard InChI is InChI=1S/C29H33N5O3/c1-18(2)28(36)33-21-8-9-24-23(15-21)26(11-12-30-24)37-25-10-7-20(13-19(25)3)14-27(35)32-22-16-31-34(17-22)29(4,5)6/h7-13,15-18H,14H2,1-6H3,(H,32,35)(H,33,36). The number of rotatable bonds is 7. The third-order valence-electron chi connectivity index (χ3n) is 5.87. The van der Waals surface area contributed by atoms with Crippen LogP contribution in [0.25, 0.3) is 10.9 Å². The van der Waals surface area contributed by atoms with Crippen LogP contribution in [0.5, 0.6) is 11.5 Å². The summed E-state index contributed by atoms with van der Waals surface area (Å²) in [4.78, 5) is 29.2. The number of hydrogen-bond acceptors (Lipinski definition) is 5. The Morgan fingerprint density at radius 1 is 1.00 bits per heavy atom. The summed E-state index contributed by atoms with van der Waals surface area (Å²) in [5.41, 5.74) is 3.75. The normalized spacial score (nSPS) is 11.5. The van der Waals surface area contributed by atoms with E-state index in [0.29, 0.717) is 22.9 Å². The lowest BCUT2D eigenvalue weighted by atomic mass is 10.1. The summed E-state index contributed by atoms with van der Waals surface area (Å²) >= 11 is 0. The Morgan fingerprint density at radius 3 is 2.46 bits per heavy atom. The van der Waals surface area contributed by atoms with E-state index in [-0.39, 0.29) is 29.7 Å². The van der Waals surface area contributed by atoms with Gasteiger partial charge in [0.1, 0.15) is 11.5 Å². The lowest BCUT2D eigenvalue weighted by Gasteiger charge is -2.18. The molecule has 8 nitrogen and oxygen atoms in total. The van der Waals surface area contributed by atoms with Crippen LogP contribution in [0, 0.1) is 12.8 Å². The van der Waals surface area contributed by atoms with Crippen molar-refractivity contribution in [3.05, 3.63) is 72.2 Å². The van der Waals surface area contributed by atoms with Crippen LogP contribution in [0.3, 0.4) is 0 Å². The Bertz CT molecular complexity index is 1450. The first-order valence-corrected chi connectivity index (χ1v) is 12.3. The number of hydrogen-bond donors (Lipinski definition) is 2. The van der Waals surface area contributed by atoms with Gasteiger partial charge in [0.15, 0.2) is 0 Å². The van der Waals surface area contributed by atoms with Crippen molar-refractivity contribution in [3.8, 4) is 11.5 Å². The molecule has 0 unspecified atom stereocenters. The highest BCUT2D eigenvalue weighted by Gasteiger charge is 2.16. The highest BCUT2D eigenvalue weighted by Crippen LogP contribution is 2.32. The number of pyridine rings is 1. The third kappa shape index (κ3) is 6.33. The SMILES string of the molecule is Cc1cc(CC(=O)Nc2cnn(C(C)(C)C)c2)ccc1Oc1ccnc2ccc(NC(=O)C(C)C)cc12. The minimum atomic E-state index is -0.153. The fraction of sp³-hybridized carbons (Fsp3) is 0.310. The van der Waals surface area contributed by atoms with Gasteiger partial charge in [-0.3, -0.25) is 19.3 Å². The van der Waals surface area contributed by atoms with Crippen LogP contribution in [0.1, 0.15) is 45.7 Å². The Balaban J connectivity index is 1.47. The number of anilines is 2. The minimum absolute atomic E-state index is 0.0517. The van der Waals surface area contributed by atoms with Gasteiger partial charge in [-0.15, -0.1) is 0 Å². The molecule has 2 heterocycles. The van der Waals surface area contributed by atoms with Gasteiger partial charge in [0.05, 0.1) is 29.4 Å². The van der Waals surface area contributed by atoms with Gasteiger partial charge in [-0.2, -0.15) is 5.10 Å². The van der Waals surface area contributed by atoms with Gasteiger partial charge in [-0.1, -0.05) is 26.0 Å². The molecule has 0 radical (unpaired) electrons. The number of carbonyl (C=O) groups is 2. The van der Waals surface area contributed by atoms with Crippen molar-refractivity contribution < 1.29 is 14.3 Å². The fourth-order valence-electron chi connectivity index (χ4n) is 3.77. The maximum absolute atomic E-state index is 12.6. The van der Waals surface area contributed by atoms with Gasteiger partial charge in [0.2, 0.25) is 11.8 Å². The average molecular weight is 500 g/mol. The molecule has 0 aliphatic carbocycles. The van der Waals surface area contributed by atoms with Gasteiger partial charge in [-0.05, 0) is 69.2 Å². The first-order chi connectivity index (χ1) is 17.5. The van der Waals surface area contributed by atoms with E-state index < -0.39 is 0 Å². The van der Waals surface area contributed by atoms with Crippen LogP contribution in [0.15, 0.2) is 61.1 Å². The van der Waals surface area contributed by atoms with Crippen molar-refractivity contribution in [2.75, 3.05) is 10.6 Å². The van der Waals surface area contributed by atoms with Crippen LogP contribution in [0.4, 0.5) is 11.4 Å². The highest BCUT2D eigenvalue weighted by molar-refractivity contribution is 5.96. The van der Waals surface area contributed by atoms with Gasteiger partial charge in [0, 0.05) is 29.4 Å². The number of amides is 2. The zero-order chi connectivity index (χ0) is 26.7. The number of aromatic nitrogens is 3. The summed E-state index contributed by atoms with van der Waals surface area (Å²) in [6.45, 7) is 11.8. The molecule has 2 amide bonds. The molecule has 4 rings (SSSR count). The molecule has 0 saturated carbocycles. The summed E-state index contributed by atoms with van der Waals surface area (Å²) < 4.78 is 8.08. The van der Waals surface area contributed by atoms with Crippen molar-refractivity contribution in [1.29, 1.82) is 0 Å². The van der Waals surface area contributed by atoms with Gasteiger partial charge in [0.25, 0.3) is 0 Å².